The monoisotopic (exact) mass is 470 g/mol. The number of nitrogens with one attached hydrogen (secondary N) is 2. The van der Waals surface area contributed by atoms with Gasteiger partial charge in [-0.15, -0.1) is 0 Å². The number of aliphatic hydroxyl groups excluding tert-OH is 1. The molecule has 0 heterocycles. The first kappa shape index (κ1) is 25.2. The van der Waals surface area contributed by atoms with Gasteiger partial charge in [-0.2, -0.15) is 0 Å². The molecule has 9 nitrogen and oxygen atoms in total. The maximum atomic E-state index is 12.4. The molecule has 182 valence electrons. The SMILES string of the molecule is CCOC(CNC(=O)OCC1c2ccccc2-c2ccccc21)CC(=O)NCCC(O)C(=O)O. The number of aliphatic hydroxyl groups is 1. The minimum absolute atomic E-state index is 0.0188. The summed E-state index contributed by atoms with van der Waals surface area (Å²) in [6.07, 6.45) is -2.83. The fourth-order valence-corrected chi connectivity index (χ4v) is 4.02. The number of aliphatic carboxylic acids is 1. The third kappa shape index (κ3) is 6.55. The van der Waals surface area contributed by atoms with Crippen LogP contribution in [0.4, 0.5) is 4.79 Å². The van der Waals surface area contributed by atoms with Crippen LogP contribution in [-0.2, 0) is 19.1 Å². The lowest BCUT2D eigenvalue weighted by Gasteiger charge is -2.18. The average Bonchev–Trinajstić information content (AvgIpc) is 3.15. The molecule has 2 amide bonds. The highest BCUT2D eigenvalue weighted by Gasteiger charge is 2.29. The molecule has 0 saturated heterocycles. The number of carbonyl (C=O) groups excluding carboxylic acids is 2. The fourth-order valence-electron chi connectivity index (χ4n) is 4.02. The Balaban J connectivity index is 1.47. The number of fused-ring (bicyclic) bond motifs is 3. The first-order chi connectivity index (χ1) is 16.4. The van der Waals surface area contributed by atoms with E-state index in [1.54, 1.807) is 6.92 Å². The maximum absolute atomic E-state index is 12.4. The van der Waals surface area contributed by atoms with Crippen LogP contribution in [0.2, 0.25) is 0 Å². The molecule has 2 aromatic rings. The number of rotatable bonds is 12. The molecule has 1 aliphatic carbocycles. The summed E-state index contributed by atoms with van der Waals surface area (Å²) in [4.78, 5) is 35.1. The van der Waals surface area contributed by atoms with Gasteiger partial charge in [-0.3, -0.25) is 4.79 Å². The van der Waals surface area contributed by atoms with Crippen LogP contribution in [0, 0.1) is 0 Å². The number of benzene rings is 2. The van der Waals surface area contributed by atoms with E-state index in [0.717, 1.165) is 22.3 Å². The molecular weight excluding hydrogens is 440 g/mol. The minimum Gasteiger partial charge on any atom is -0.479 e. The standard InChI is InChI=1S/C25H30N2O7/c1-2-33-16(13-23(29)26-12-11-22(28)24(30)31)14-27-25(32)34-15-21-19-9-5-3-7-17(19)18-8-4-6-10-20(18)21/h3-10,16,21-22,28H,2,11-15H2,1H3,(H,26,29)(H,27,32)(H,30,31). The minimum atomic E-state index is -1.53. The van der Waals surface area contributed by atoms with Gasteiger partial charge in [0.25, 0.3) is 0 Å². The second kappa shape index (κ2) is 12.2. The lowest BCUT2D eigenvalue weighted by Crippen LogP contribution is -2.38. The highest BCUT2D eigenvalue weighted by Crippen LogP contribution is 2.44. The Morgan fingerprint density at radius 3 is 2.21 bits per heavy atom. The molecule has 2 aromatic carbocycles. The molecular formula is C25H30N2O7. The van der Waals surface area contributed by atoms with Crippen molar-refractivity contribution in [1.29, 1.82) is 0 Å². The van der Waals surface area contributed by atoms with Crippen LogP contribution >= 0.6 is 0 Å². The summed E-state index contributed by atoms with van der Waals surface area (Å²) in [5, 5.41) is 23.1. The summed E-state index contributed by atoms with van der Waals surface area (Å²) in [6, 6.07) is 16.1. The normalized spacial score (nSPS) is 13.9. The number of alkyl carbamates (subject to hydrolysis) is 1. The fraction of sp³-hybridized carbons (Fsp3) is 0.400. The lowest BCUT2D eigenvalue weighted by molar-refractivity contribution is -0.147. The van der Waals surface area contributed by atoms with Crippen molar-refractivity contribution in [3.8, 4) is 11.1 Å². The Morgan fingerprint density at radius 1 is 1.00 bits per heavy atom. The third-order valence-corrected chi connectivity index (χ3v) is 5.66. The molecule has 2 unspecified atom stereocenters. The Morgan fingerprint density at radius 2 is 1.62 bits per heavy atom. The summed E-state index contributed by atoms with van der Waals surface area (Å²) in [5.41, 5.74) is 4.53. The molecule has 0 bridgehead atoms. The van der Waals surface area contributed by atoms with Crippen molar-refractivity contribution < 1.29 is 34.1 Å². The van der Waals surface area contributed by atoms with Crippen LogP contribution in [0.3, 0.4) is 0 Å². The lowest BCUT2D eigenvalue weighted by atomic mass is 9.98. The van der Waals surface area contributed by atoms with E-state index in [1.807, 2.05) is 36.4 Å². The van der Waals surface area contributed by atoms with E-state index < -0.39 is 24.3 Å². The van der Waals surface area contributed by atoms with Crippen molar-refractivity contribution in [3.63, 3.8) is 0 Å². The van der Waals surface area contributed by atoms with E-state index >= 15 is 0 Å². The van der Waals surface area contributed by atoms with Gasteiger partial charge in [0.15, 0.2) is 6.10 Å². The van der Waals surface area contributed by atoms with E-state index in [4.69, 9.17) is 14.6 Å². The van der Waals surface area contributed by atoms with Gasteiger partial charge in [0.2, 0.25) is 5.91 Å². The molecule has 0 radical (unpaired) electrons. The highest BCUT2D eigenvalue weighted by molar-refractivity contribution is 5.79. The average molecular weight is 471 g/mol. The second-order valence-corrected chi connectivity index (χ2v) is 7.98. The topological polar surface area (TPSA) is 134 Å². The predicted octanol–water partition coefficient (Wildman–Crippen LogP) is 2.27. The van der Waals surface area contributed by atoms with Crippen LogP contribution in [0.1, 0.15) is 36.8 Å². The van der Waals surface area contributed by atoms with Crippen LogP contribution in [0.5, 0.6) is 0 Å². The van der Waals surface area contributed by atoms with E-state index in [2.05, 4.69) is 22.8 Å². The Bertz CT molecular complexity index is 965. The maximum Gasteiger partial charge on any atom is 0.407 e. The number of hydrogen-bond donors (Lipinski definition) is 4. The molecule has 1 aliphatic rings. The number of hydrogen-bond acceptors (Lipinski definition) is 6. The largest absolute Gasteiger partial charge is 0.479 e. The molecule has 9 heteroatoms. The van der Waals surface area contributed by atoms with Crippen molar-refractivity contribution in [3.05, 3.63) is 59.7 Å². The van der Waals surface area contributed by atoms with Gasteiger partial charge in [-0.25, -0.2) is 9.59 Å². The zero-order chi connectivity index (χ0) is 24.5. The van der Waals surface area contributed by atoms with Gasteiger partial charge in [-0.05, 0) is 29.2 Å². The first-order valence-electron chi connectivity index (χ1n) is 11.3. The first-order valence-corrected chi connectivity index (χ1v) is 11.3. The molecule has 0 spiro atoms. The van der Waals surface area contributed by atoms with Crippen molar-refractivity contribution >= 4 is 18.0 Å². The summed E-state index contributed by atoms with van der Waals surface area (Å²) < 4.78 is 11.0. The van der Waals surface area contributed by atoms with E-state index in [1.165, 1.54) is 0 Å². The van der Waals surface area contributed by atoms with Crippen molar-refractivity contribution in [2.45, 2.75) is 37.9 Å². The van der Waals surface area contributed by atoms with E-state index in [-0.39, 0.29) is 44.4 Å². The van der Waals surface area contributed by atoms with Crippen molar-refractivity contribution in [2.24, 2.45) is 0 Å². The van der Waals surface area contributed by atoms with Crippen molar-refractivity contribution in [2.75, 3.05) is 26.3 Å². The molecule has 0 aliphatic heterocycles. The van der Waals surface area contributed by atoms with Crippen LogP contribution < -0.4 is 10.6 Å². The number of amides is 2. The summed E-state index contributed by atoms with van der Waals surface area (Å²) in [6.45, 7) is 2.41. The van der Waals surface area contributed by atoms with Gasteiger partial charge in [0.05, 0.1) is 12.5 Å². The van der Waals surface area contributed by atoms with E-state index in [0.29, 0.717) is 6.61 Å². The Kier molecular flexibility index (Phi) is 9.00. The van der Waals surface area contributed by atoms with E-state index in [9.17, 15) is 19.5 Å². The quantitative estimate of drug-likeness (QED) is 0.374. The highest BCUT2D eigenvalue weighted by atomic mass is 16.5. The second-order valence-electron chi connectivity index (χ2n) is 7.98. The Labute approximate surface area is 198 Å². The smallest absolute Gasteiger partial charge is 0.407 e. The van der Waals surface area contributed by atoms with Gasteiger partial charge >= 0.3 is 12.1 Å². The summed E-state index contributed by atoms with van der Waals surface area (Å²) in [5.74, 6) is -1.76. The molecule has 0 saturated carbocycles. The number of ether oxygens (including phenoxy) is 2. The molecule has 0 aromatic heterocycles. The van der Waals surface area contributed by atoms with Crippen LogP contribution in [-0.4, -0.2) is 66.7 Å². The molecule has 34 heavy (non-hydrogen) atoms. The van der Waals surface area contributed by atoms with Gasteiger partial charge in [-0.1, -0.05) is 48.5 Å². The number of carbonyl (C=O) groups is 3. The molecule has 2 atom stereocenters. The van der Waals surface area contributed by atoms with Crippen LogP contribution in [0.25, 0.3) is 11.1 Å². The van der Waals surface area contributed by atoms with Crippen LogP contribution in [0.15, 0.2) is 48.5 Å². The van der Waals surface area contributed by atoms with Gasteiger partial charge in [0, 0.05) is 32.0 Å². The third-order valence-electron chi connectivity index (χ3n) is 5.66. The van der Waals surface area contributed by atoms with Gasteiger partial charge < -0.3 is 30.3 Å². The molecule has 4 N–H and O–H groups in total. The zero-order valence-corrected chi connectivity index (χ0v) is 19.0. The number of carboxylic acid groups (broad SMARTS) is 1. The number of carboxylic acids is 1. The predicted molar refractivity (Wildman–Crippen MR) is 124 cm³/mol. The van der Waals surface area contributed by atoms with Crippen molar-refractivity contribution in [1.82, 2.24) is 10.6 Å². The van der Waals surface area contributed by atoms with Gasteiger partial charge in [0.1, 0.15) is 6.61 Å². The zero-order valence-electron chi connectivity index (χ0n) is 19.0. The summed E-state index contributed by atoms with van der Waals surface area (Å²) >= 11 is 0. The summed E-state index contributed by atoms with van der Waals surface area (Å²) in [7, 11) is 0. The molecule has 0 fully saturated rings. The Hall–Kier alpha value is -3.43. The molecule has 3 rings (SSSR count).